The second-order valence-corrected chi connectivity index (χ2v) is 5.66. The first-order valence-corrected chi connectivity index (χ1v) is 7.76. The molecule has 0 radical (unpaired) electrons. The topological polar surface area (TPSA) is 58.6 Å². The van der Waals surface area contributed by atoms with E-state index in [1.807, 2.05) is 19.1 Å². The minimum Gasteiger partial charge on any atom is -0.494 e. The molecule has 0 atom stereocenters. The summed E-state index contributed by atoms with van der Waals surface area (Å²) in [4.78, 5) is 16.3. The van der Waals surface area contributed by atoms with Gasteiger partial charge in [-0.1, -0.05) is 0 Å². The fourth-order valence-electron chi connectivity index (χ4n) is 2.68. The Morgan fingerprint density at radius 1 is 1.12 bits per heavy atom. The third-order valence-electron chi connectivity index (χ3n) is 4.07. The van der Waals surface area contributed by atoms with E-state index in [0.717, 1.165) is 11.5 Å². The number of methoxy groups -OCH3 is 1. The van der Waals surface area contributed by atoms with Crippen LogP contribution in [0.15, 0.2) is 30.3 Å². The molecule has 7 heteroatoms. The summed E-state index contributed by atoms with van der Waals surface area (Å²) in [6.45, 7) is 4.34. The molecule has 0 saturated carbocycles. The summed E-state index contributed by atoms with van der Waals surface area (Å²) in [5, 5.41) is 8.23. The lowest BCUT2D eigenvalue weighted by Gasteiger charge is -2.35. The highest BCUT2D eigenvalue weighted by Crippen LogP contribution is 2.20. The Morgan fingerprint density at radius 2 is 1.88 bits per heavy atom. The van der Waals surface area contributed by atoms with Crippen molar-refractivity contribution in [2.45, 2.75) is 6.92 Å². The van der Waals surface area contributed by atoms with E-state index in [1.165, 1.54) is 19.2 Å². The molecule has 3 rings (SSSR count). The fourth-order valence-corrected chi connectivity index (χ4v) is 2.68. The van der Waals surface area contributed by atoms with E-state index in [1.54, 1.807) is 11.0 Å². The smallest absolute Gasteiger partial charge is 0.254 e. The van der Waals surface area contributed by atoms with Crippen LogP contribution < -0.4 is 9.64 Å². The molecular formula is C17H19FN4O2. The molecule has 0 unspecified atom stereocenters. The number of rotatable bonds is 3. The number of amides is 1. The van der Waals surface area contributed by atoms with Crippen LogP contribution in [-0.2, 0) is 0 Å². The maximum absolute atomic E-state index is 13.8. The van der Waals surface area contributed by atoms with Crippen LogP contribution in [0.2, 0.25) is 0 Å². The first-order valence-electron chi connectivity index (χ1n) is 7.76. The SMILES string of the molecule is COc1ccc(C(=O)N2CCN(c3ccc(C)nn3)CC2)cc1F. The molecule has 1 aliphatic rings. The molecule has 1 aromatic carbocycles. The van der Waals surface area contributed by atoms with Crippen molar-refractivity contribution in [3.05, 3.63) is 47.4 Å². The molecule has 1 amide bonds. The van der Waals surface area contributed by atoms with Crippen LogP contribution in [0.25, 0.3) is 0 Å². The van der Waals surface area contributed by atoms with Crippen LogP contribution >= 0.6 is 0 Å². The number of benzene rings is 1. The molecule has 24 heavy (non-hydrogen) atoms. The number of aryl methyl sites for hydroxylation is 1. The molecule has 2 heterocycles. The molecule has 1 saturated heterocycles. The predicted octanol–water partition coefficient (Wildman–Crippen LogP) is 1.90. The van der Waals surface area contributed by atoms with Crippen molar-refractivity contribution in [2.24, 2.45) is 0 Å². The molecule has 0 aliphatic carbocycles. The van der Waals surface area contributed by atoms with E-state index in [4.69, 9.17) is 4.74 Å². The van der Waals surface area contributed by atoms with Gasteiger partial charge in [-0.3, -0.25) is 4.79 Å². The number of carbonyl (C=O) groups is 1. The van der Waals surface area contributed by atoms with Crippen LogP contribution in [-0.4, -0.2) is 54.3 Å². The molecule has 2 aromatic rings. The van der Waals surface area contributed by atoms with Crippen LogP contribution in [0.4, 0.5) is 10.2 Å². The maximum atomic E-state index is 13.8. The molecule has 0 spiro atoms. The van der Waals surface area contributed by atoms with Crippen LogP contribution in [0, 0.1) is 12.7 Å². The number of anilines is 1. The van der Waals surface area contributed by atoms with Gasteiger partial charge < -0.3 is 14.5 Å². The minimum absolute atomic E-state index is 0.134. The summed E-state index contributed by atoms with van der Waals surface area (Å²) in [5.41, 5.74) is 1.20. The molecule has 126 valence electrons. The first-order chi connectivity index (χ1) is 11.6. The quantitative estimate of drug-likeness (QED) is 0.860. The fraction of sp³-hybridized carbons (Fsp3) is 0.353. The summed E-state index contributed by atoms with van der Waals surface area (Å²) < 4.78 is 18.7. The Kier molecular flexibility index (Phi) is 4.59. The number of nitrogens with zero attached hydrogens (tertiary/aromatic N) is 4. The van der Waals surface area contributed by atoms with Gasteiger partial charge in [-0.2, -0.15) is 5.10 Å². The van der Waals surface area contributed by atoms with E-state index in [0.29, 0.717) is 31.7 Å². The lowest BCUT2D eigenvalue weighted by molar-refractivity contribution is 0.0746. The molecule has 0 N–H and O–H groups in total. The predicted molar refractivity (Wildman–Crippen MR) is 87.8 cm³/mol. The van der Waals surface area contributed by atoms with E-state index in [-0.39, 0.29) is 11.7 Å². The van der Waals surface area contributed by atoms with Crippen molar-refractivity contribution in [1.29, 1.82) is 0 Å². The van der Waals surface area contributed by atoms with E-state index >= 15 is 0 Å². The second-order valence-electron chi connectivity index (χ2n) is 5.66. The minimum atomic E-state index is -0.531. The molecular weight excluding hydrogens is 311 g/mol. The summed E-state index contributed by atoms with van der Waals surface area (Å²) in [6.07, 6.45) is 0. The van der Waals surface area contributed by atoms with Crippen molar-refractivity contribution in [3.63, 3.8) is 0 Å². The molecule has 1 fully saturated rings. The highest BCUT2D eigenvalue weighted by atomic mass is 19.1. The number of halogens is 1. The van der Waals surface area contributed by atoms with Crippen molar-refractivity contribution in [1.82, 2.24) is 15.1 Å². The number of piperazine rings is 1. The van der Waals surface area contributed by atoms with Crippen LogP contribution in [0.5, 0.6) is 5.75 Å². The van der Waals surface area contributed by atoms with Gasteiger partial charge in [0.05, 0.1) is 12.8 Å². The van der Waals surface area contributed by atoms with E-state index < -0.39 is 5.82 Å². The van der Waals surface area contributed by atoms with Crippen molar-refractivity contribution < 1.29 is 13.9 Å². The van der Waals surface area contributed by atoms with Crippen molar-refractivity contribution in [3.8, 4) is 5.75 Å². The van der Waals surface area contributed by atoms with Crippen molar-refractivity contribution >= 4 is 11.7 Å². The highest BCUT2D eigenvalue weighted by molar-refractivity contribution is 5.94. The first kappa shape index (κ1) is 16.2. The average Bonchev–Trinajstić information content (AvgIpc) is 2.62. The third kappa shape index (κ3) is 3.29. The van der Waals surface area contributed by atoms with Crippen molar-refractivity contribution in [2.75, 3.05) is 38.2 Å². The second kappa shape index (κ2) is 6.82. The van der Waals surface area contributed by atoms with Crippen LogP contribution in [0.3, 0.4) is 0 Å². The van der Waals surface area contributed by atoms with Gasteiger partial charge in [0.1, 0.15) is 0 Å². The number of hydrogen-bond acceptors (Lipinski definition) is 5. The van der Waals surface area contributed by atoms with Gasteiger partial charge in [-0.15, -0.1) is 5.10 Å². The standard InChI is InChI=1S/C17H19FN4O2/c1-12-3-6-16(20-19-12)21-7-9-22(10-8-21)17(23)13-4-5-15(24-2)14(18)11-13/h3-6,11H,7-10H2,1-2H3. The van der Waals surface area contributed by atoms with Gasteiger partial charge in [0, 0.05) is 31.7 Å². The summed E-state index contributed by atoms with van der Waals surface area (Å²) >= 11 is 0. The molecule has 6 nitrogen and oxygen atoms in total. The van der Waals surface area contributed by atoms with E-state index in [9.17, 15) is 9.18 Å². The van der Waals surface area contributed by atoms with Crippen LogP contribution in [0.1, 0.15) is 16.1 Å². The number of ether oxygens (including phenoxy) is 1. The Balaban J connectivity index is 1.64. The maximum Gasteiger partial charge on any atom is 0.254 e. The Labute approximate surface area is 139 Å². The van der Waals surface area contributed by atoms with Gasteiger partial charge in [-0.05, 0) is 37.3 Å². The Bertz CT molecular complexity index is 728. The van der Waals surface area contributed by atoms with Gasteiger partial charge in [0.15, 0.2) is 17.4 Å². The van der Waals surface area contributed by atoms with Gasteiger partial charge in [0.2, 0.25) is 0 Å². The third-order valence-corrected chi connectivity index (χ3v) is 4.07. The zero-order valence-electron chi connectivity index (χ0n) is 13.7. The number of carbonyl (C=O) groups excluding carboxylic acids is 1. The summed E-state index contributed by atoms with van der Waals surface area (Å²) in [7, 11) is 1.40. The van der Waals surface area contributed by atoms with Gasteiger partial charge in [0.25, 0.3) is 5.91 Å². The Morgan fingerprint density at radius 3 is 2.46 bits per heavy atom. The van der Waals surface area contributed by atoms with E-state index in [2.05, 4.69) is 15.1 Å². The lowest BCUT2D eigenvalue weighted by atomic mass is 10.1. The average molecular weight is 330 g/mol. The molecule has 1 aliphatic heterocycles. The summed E-state index contributed by atoms with van der Waals surface area (Å²) in [5.74, 6) is 0.237. The molecule has 1 aromatic heterocycles. The Hall–Kier alpha value is -2.70. The van der Waals surface area contributed by atoms with Gasteiger partial charge in [-0.25, -0.2) is 4.39 Å². The normalized spacial score (nSPS) is 14.6. The molecule has 0 bridgehead atoms. The summed E-state index contributed by atoms with van der Waals surface area (Å²) in [6, 6.07) is 8.13. The largest absolute Gasteiger partial charge is 0.494 e. The zero-order valence-corrected chi connectivity index (χ0v) is 13.7. The monoisotopic (exact) mass is 330 g/mol. The number of hydrogen-bond donors (Lipinski definition) is 0. The number of aromatic nitrogens is 2. The highest BCUT2D eigenvalue weighted by Gasteiger charge is 2.23. The van der Waals surface area contributed by atoms with Gasteiger partial charge >= 0.3 is 0 Å². The zero-order chi connectivity index (χ0) is 17.1. The lowest BCUT2D eigenvalue weighted by Crippen LogP contribution is -2.49.